The number of piperidine rings is 1. The van der Waals surface area contributed by atoms with Crippen molar-refractivity contribution in [1.29, 1.82) is 0 Å². The Morgan fingerprint density at radius 2 is 2.11 bits per heavy atom. The molecule has 6 heteroatoms. The summed E-state index contributed by atoms with van der Waals surface area (Å²) in [7, 11) is 0. The van der Waals surface area contributed by atoms with Crippen molar-refractivity contribution in [1.82, 2.24) is 4.90 Å². The number of nitrogens with zero attached hydrogens (tertiary/aromatic N) is 1. The molecule has 2 bridgehead atoms. The molecule has 2 unspecified atom stereocenters. The Kier molecular flexibility index (Phi) is 4.15. The first-order valence-corrected chi connectivity index (χ1v) is 10.5. The maximum Gasteiger partial charge on any atom is 0.177 e. The summed E-state index contributed by atoms with van der Waals surface area (Å²) in [5, 5.41) is 22.6. The SMILES string of the molecule is CC1CC2(O)[C@H]3Cc4ccc(O)c5c4[C@@]2(CCN3CC2CCC2)[C@@H](O5)C1=O.I. The molecule has 1 aromatic carbocycles. The number of ether oxygens (including phenoxy) is 1. The van der Waals surface area contributed by atoms with Crippen molar-refractivity contribution >= 4 is 29.8 Å². The van der Waals surface area contributed by atoms with Gasteiger partial charge in [-0.05, 0) is 56.2 Å². The van der Waals surface area contributed by atoms with Gasteiger partial charge < -0.3 is 14.9 Å². The highest BCUT2D eigenvalue weighted by molar-refractivity contribution is 14.0. The first-order valence-electron chi connectivity index (χ1n) is 10.5. The number of halogens is 1. The largest absolute Gasteiger partial charge is 0.504 e. The Morgan fingerprint density at radius 1 is 1.32 bits per heavy atom. The van der Waals surface area contributed by atoms with Gasteiger partial charge in [-0.2, -0.15) is 0 Å². The molecule has 1 aromatic rings. The Bertz CT molecular complexity index is 855. The third-order valence-corrected chi connectivity index (χ3v) is 8.40. The average molecular weight is 497 g/mol. The predicted molar refractivity (Wildman–Crippen MR) is 114 cm³/mol. The van der Waals surface area contributed by atoms with Gasteiger partial charge in [-0.15, -0.1) is 24.0 Å². The zero-order valence-electron chi connectivity index (χ0n) is 16.2. The van der Waals surface area contributed by atoms with Crippen LogP contribution in [0, 0.1) is 11.8 Å². The van der Waals surface area contributed by atoms with Gasteiger partial charge in [0.15, 0.2) is 23.4 Å². The minimum absolute atomic E-state index is 0. The minimum Gasteiger partial charge on any atom is -0.504 e. The highest BCUT2D eigenvalue weighted by atomic mass is 127. The van der Waals surface area contributed by atoms with E-state index >= 15 is 0 Å². The van der Waals surface area contributed by atoms with E-state index in [-0.39, 0.29) is 47.5 Å². The molecule has 1 saturated heterocycles. The summed E-state index contributed by atoms with van der Waals surface area (Å²) in [5.41, 5.74) is 0.397. The lowest BCUT2D eigenvalue weighted by Crippen LogP contribution is -2.77. The molecule has 2 heterocycles. The van der Waals surface area contributed by atoms with Crippen molar-refractivity contribution in [2.24, 2.45) is 11.8 Å². The number of hydrogen-bond acceptors (Lipinski definition) is 5. The lowest BCUT2D eigenvalue weighted by molar-refractivity contribution is -0.198. The second kappa shape index (κ2) is 6.08. The van der Waals surface area contributed by atoms with Gasteiger partial charge in [-0.1, -0.05) is 19.4 Å². The normalized spacial score (nSPS) is 40.9. The summed E-state index contributed by atoms with van der Waals surface area (Å²) >= 11 is 0. The molecule has 152 valence electrons. The number of hydrogen-bond donors (Lipinski definition) is 2. The van der Waals surface area contributed by atoms with Crippen LogP contribution in [0.3, 0.4) is 0 Å². The van der Waals surface area contributed by atoms with Crippen LogP contribution in [0.25, 0.3) is 0 Å². The van der Waals surface area contributed by atoms with Crippen LogP contribution in [0.4, 0.5) is 0 Å². The monoisotopic (exact) mass is 497 g/mol. The Labute approximate surface area is 182 Å². The van der Waals surface area contributed by atoms with E-state index in [4.69, 9.17) is 4.74 Å². The maximum absolute atomic E-state index is 13.1. The maximum atomic E-state index is 13.1. The molecule has 5 nitrogen and oxygen atoms in total. The molecular weight excluding hydrogens is 469 g/mol. The van der Waals surface area contributed by atoms with E-state index in [1.165, 1.54) is 19.3 Å². The molecule has 5 atom stereocenters. The molecule has 3 fully saturated rings. The van der Waals surface area contributed by atoms with E-state index in [0.717, 1.165) is 43.0 Å². The van der Waals surface area contributed by atoms with Crippen molar-refractivity contribution in [3.8, 4) is 11.5 Å². The molecule has 0 radical (unpaired) electrons. The van der Waals surface area contributed by atoms with Crippen LogP contribution < -0.4 is 4.74 Å². The van der Waals surface area contributed by atoms with E-state index in [1.807, 2.05) is 13.0 Å². The van der Waals surface area contributed by atoms with Crippen molar-refractivity contribution in [2.45, 2.75) is 68.6 Å². The fourth-order valence-corrected chi connectivity index (χ4v) is 6.91. The number of ketones is 1. The number of carbonyl (C=O) groups excluding carboxylic acids is 1. The number of likely N-dealkylation sites (tertiary alicyclic amines) is 1. The molecule has 5 aliphatic rings. The van der Waals surface area contributed by atoms with Crippen LogP contribution in [0.1, 0.15) is 50.2 Å². The highest BCUT2D eigenvalue weighted by Crippen LogP contribution is 2.65. The summed E-state index contributed by atoms with van der Waals surface area (Å²) in [6.45, 7) is 3.86. The van der Waals surface area contributed by atoms with Crippen LogP contribution in [-0.2, 0) is 16.6 Å². The van der Waals surface area contributed by atoms with E-state index in [0.29, 0.717) is 12.2 Å². The third-order valence-electron chi connectivity index (χ3n) is 8.40. The van der Waals surface area contributed by atoms with Crippen LogP contribution in [0.15, 0.2) is 12.1 Å². The Hall–Kier alpha value is -0.860. The molecular formula is C22H28INO4. The zero-order chi connectivity index (χ0) is 18.6. The van der Waals surface area contributed by atoms with Crippen molar-refractivity contribution < 1.29 is 19.7 Å². The standard InChI is InChI=1S/C22H27NO4.HI/c1-12-10-22(26)16-9-14-5-6-15(24)19-17(14)21(22,20(27-19)18(12)25)7-8-23(16)11-13-3-2-4-13;/h5-6,12-13,16,20,24,26H,2-4,7-11H2,1H3;1H/t12?,16-,20+,21+,22?;/m1./s1. The van der Waals surface area contributed by atoms with Crippen molar-refractivity contribution in [3.05, 3.63) is 23.3 Å². The van der Waals surface area contributed by atoms with Crippen LogP contribution >= 0.6 is 24.0 Å². The van der Waals surface area contributed by atoms with Crippen molar-refractivity contribution in [3.63, 3.8) is 0 Å². The van der Waals surface area contributed by atoms with E-state index in [1.54, 1.807) is 6.07 Å². The van der Waals surface area contributed by atoms with Gasteiger partial charge in [-0.3, -0.25) is 9.69 Å². The fourth-order valence-electron chi connectivity index (χ4n) is 6.91. The molecule has 1 spiro atoms. The quantitative estimate of drug-likeness (QED) is 0.616. The molecule has 2 N–H and O–H groups in total. The van der Waals surface area contributed by atoms with Crippen LogP contribution in [0.2, 0.25) is 0 Å². The predicted octanol–water partition coefficient (Wildman–Crippen LogP) is 2.78. The Morgan fingerprint density at radius 3 is 2.82 bits per heavy atom. The summed E-state index contributed by atoms with van der Waals surface area (Å²) in [5.74, 6) is 1.14. The van der Waals surface area contributed by atoms with Gasteiger partial charge in [-0.25, -0.2) is 0 Å². The molecule has 0 amide bonds. The summed E-state index contributed by atoms with van der Waals surface area (Å²) in [6, 6.07) is 3.69. The van der Waals surface area contributed by atoms with Gasteiger partial charge in [0.1, 0.15) is 0 Å². The fraction of sp³-hybridized carbons (Fsp3) is 0.682. The molecule has 2 saturated carbocycles. The number of rotatable bonds is 2. The lowest BCUT2D eigenvalue weighted by atomic mass is 9.47. The van der Waals surface area contributed by atoms with Gasteiger partial charge >= 0.3 is 0 Å². The third kappa shape index (κ3) is 2.07. The number of phenols is 1. The molecule has 6 rings (SSSR count). The van der Waals surface area contributed by atoms with Crippen LogP contribution in [0.5, 0.6) is 11.5 Å². The number of aromatic hydroxyl groups is 1. The number of Topliss-reactive ketones (excluding diaryl/α,β-unsaturated/α-hetero) is 1. The summed E-state index contributed by atoms with van der Waals surface area (Å²) < 4.78 is 6.13. The number of carbonyl (C=O) groups is 1. The number of phenolic OH excluding ortho intramolecular Hbond substituents is 1. The van der Waals surface area contributed by atoms with Crippen LogP contribution in [-0.4, -0.2) is 51.7 Å². The van der Waals surface area contributed by atoms with Gasteiger partial charge in [0, 0.05) is 24.1 Å². The number of benzene rings is 1. The second-order valence-electron chi connectivity index (χ2n) is 9.61. The van der Waals surface area contributed by atoms with E-state index in [9.17, 15) is 15.0 Å². The average Bonchev–Trinajstić information content (AvgIpc) is 2.94. The second-order valence-corrected chi connectivity index (χ2v) is 9.61. The lowest BCUT2D eigenvalue weighted by Gasteiger charge is -2.63. The summed E-state index contributed by atoms with van der Waals surface area (Å²) in [4.78, 5) is 15.6. The van der Waals surface area contributed by atoms with Crippen molar-refractivity contribution in [2.75, 3.05) is 13.1 Å². The molecule has 0 aromatic heterocycles. The van der Waals surface area contributed by atoms with E-state index in [2.05, 4.69) is 4.90 Å². The summed E-state index contributed by atoms with van der Waals surface area (Å²) in [6.07, 6.45) is 5.23. The van der Waals surface area contributed by atoms with E-state index < -0.39 is 17.1 Å². The molecule has 28 heavy (non-hydrogen) atoms. The number of aliphatic hydroxyl groups is 1. The molecule has 2 aliphatic heterocycles. The zero-order valence-corrected chi connectivity index (χ0v) is 18.5. The van der Waals surface area contributed by atoms with Gasteiger partial charge in [0.2, 0.25) is 0 Å². The molecule has 3 aliphatic carbocycles. The first-order chi connectivity index (χ1) is 13.0. The topological polar surface area (TPSA) is 70.0 Å². The first kappa shape index (κ1) is 19.1. The highest BCUT2D eigenvalue weighted by Gasteiger charge is 2.74. The smallest absolute Gasteiger partial charge is 0.177 e. The van der Waals surface area contributed by atoms with Gasteiger partial charge in [0.25, 0.3) is 0 Å². The minimum atomic E-state index is -0.973. The van der Waals surface area contributed by atoms with Gasteiger partial charge in [0.05, 0.1) is 11.0 Å². The Balaban J connectivity index is 0.00000171.